The largest absolute Gasteiger partial charge is 0.466 e. The van der Waals surface area contributed by atoms with Gasteiger partial charge in [0.2, 0.25) is 0 Å². The van der Waals surface area contributed by atoms with E-state index >= 15 is 0 Å². The Hall–Kier alpha value is -2.38. The molecular weight excluding hydrogens is 360 g/mol. The number of carbonyl (C=O) groups is 3. The van der Waals surface area contributed by atoms with Crippen LogP contribution in [0.1, 0.15) is 18.4 Å². The normalized spacial score (nSPS) is 26.7. The molecule has 1 amide bonds. The first-order chi connectivity index (χ1) is 12.5. The zero-order chi connectivity index (χ0) is 18.6. The van der Waals surface area contributed by atoms with Crippen LogP contribution in [0.15, 0.2) is 29.3 Å². The van der Waals surface area contributed by atoms with Crippen molar-refractivity contribution in [3.05, 3.63) is 39.9 Å². The van der Waals surface area contributed by atoms with E-state index in [1.54, 1.807) is 18.2 Å². The van der Waals surface area contributed by atoms with Gasteiger partial charge in [-0.25, -0.2) is 9.59 Å². The van der Waals surface area contributed by atoms with E-state index in [2.05, 4.69) is 5.32 Å². The number of hydrogen-bond acceptors (Lipinski definition) is 6. The van der Waals surface area contributed by atoms with Gasteiger partial charge in [0.1, 0.15) is 0 Å². The quantitative estimate of drug-likeness (QED) is 0.789. The minimum atomic E-state index is -1.43. The molecule has 0 aliphatic carbocycles. The maximum atomic E-state index is 13.2. The minimum Gasteiger partial charge on any atom is -0.466 e. The van der Waals surface area contributed by atoms with Crippen molar-refractivity contribution >= 4 is 35.1 Å². The molecule has 3 heterocycles. The summed E-state index contributed by atoms with van der Waals surface area (Å²) in [6.45, 7) is 0.561. The lowest BCUT2D eigenvalue weighted by atomic mass is 9.82. The molecule has 1 aromatic rings. The van der Waals surface area contributed by atoms with E-state index in [4.69, 9.17) is 21.1 Å². The first-order valence-electron chi connectivity index (χ1n) is 8.26. The highest BCUT2D eigenvalue weighted by Crippen LogP contribution is 2.55. The van der Waals surface area contributed by atoms with Crippen molar-refractivity contribution in [2.75, 3.05) is 26.1 Å². The second-order valence-corrected chi connectivity index (χ2v) is 6.91. The summed E-state index contributed by atoms with van der Waals surface area (Å²) in [6.07, 6.45) is 1.44. The first kappa shape index (κ1) is 17.1. The molecule has 26 heavy (non-hydrogen) atoms. The molecule has 4 rings (SSSR count). The van der Waals surface area contributed by atoms with E-state index < -0.39 is 17.5 Å². The number of hydrogen-bond donors (Lipinski definition) is 1. The van der Waals surface area contributed by atoms with Crippen LogP contribution >= 0.6 is 11.6 Å². The Morgan fingerprint density at radius 2 is 2.00 bits per heavy atom. The highest BCUT2D eigenvalue weighted by Gasteiger charge is 2.65. The fourth-order valence-corrected chi connectivity index (χ4v) is 4.65. The van der Waals surface area contributed by atoms with Gasteiger partial charge in [0.25, 0.3) is 5.91 Å². The number of methoxy groups -OCH3 is 2. The third kappa shape index (κ3) is 1.95. The monoisotopic (exact) mass is 376 g/mol. The molecule has 0 aromatic heterocycles. The Labute approximate surface area is 154 Å². The SMILES string of the molecule is COC(=O)C1=C(C(=O)OC)[C@@]2(C(=O)Nc3ccc(Cl)cc32)N2CCC[C@H]12. The van der Waals surface area contributed by atoms with Gasteiger partial charge in [-0.2, -0.15) is 0 Å². The van der Waals surface area contributed by atoms with Crippen molar-refractivity contribution < 1.29 is 23.9 Å². The van der Waals surface area contributed by atoms with Crippen LogP contribution in [0.2, 0.25) is 5.02 Å². The molecule has 0 radical (unpaired) electrons. The number of carbonyl (C=O) groups excluding carboxylic acids is 3. The molecule has 1 fully saturated rings. The predicted molar refractivity (Wildman–Crippen MR) is 92.5 cm³/mol. The number of halogens is 1. The Morgan fingerprint density at radius 1 is 1.27 bits per heavy atom. The highest BCUT2D eigenvalue weighted by molar-refractivity contribution is 6.31. The summed E-state index contributed by atoms with van der Waals surface area (Å²) >= 11 is 6.18. The number of amides is 1. The van der Waals surface area contributed by atoms with Crippen LogP contribution in [0.5, 0.6) is 0 Å². The van der Waals surface area contributed by atoms with Gasteiger partial charge in [0.05, 0.1) is 25.4 Å². The Morgan fingerprint density at radius 3 is 2.69 bits per heavy atom. The predicted octanol–water partition coefficient (Wildman–Crippen LogP) is 1.61. The van der Waals surface area contributed by atoms with Crippen LogP contribution in [0.4, 0.5) is 5.69 Å². The topological polar surface area (TPSA) is 84.9 Å². The van der Waals surface area contributed by atoms with E-state index in [9.17, 15) is 14.4 Å². The number of benzene rings is 1. The molecule has 136 valence electrons. The second-order valence-electron chi connectivity index (χ2n) is 6.48. The van der Waals surface area contributed by atoms with Gasteiger partial charge in [0, 0.05) is 28.9 Å². The Balaban J connectivity index is 2.07. The molecule has 1 aromatic carbocycles. The van der Waals surface area contributed by atoms with Crippen LogP contribution in [0.25, 0.3) is 0 Å². The summed E-state index contributed by atoms with van der Waals surface area (Å²) in [5.41, 5.74) is -0.0912. The van der Waals surface area contributed by atoms with Crippen molar-refractivity contribution in [2.45, 2.75) is 24.4 Å². The lowest BCUT2D eigenvalue weighted by Crippen LogP contribution is -2.51. The number of rotatable bonds is 2. The summed E-state index contributed by atoms with van der Waals surface area (Å²) in [5.74, 6) is -1.73. The van der Waals surface area contributed by atoms with Crippen LogP contribution in [-0.4, -0.2) is 49.6 Å². The smallest absolute Gasteiger partial charge is 0.337 e. The standard InChI is InChI=1S/C18H17ClN2O5/c1-25-15(22)13-12-4-3-7-21(12)18(14(13)16(23)26-2)10-8-9(19)5-6-11(10)20-17(18)24/h5-6,8,12H,3-4,7H2,1-2H3,(H,20,24)/t12-,18+/m1/s1. The fraction of sp³-hybridized carbons (Fsp3) is 0.389. The van der Waals surface area contributed by atoms with E-state index in [-0.39, 0.29) is 23.1 Å². The minimum absolute atomic E-state index is 0.0232. The molecule has 1 saturated heterocycles. The zero-order valence-electron chi connectivity index (χ0n) is 14.3. The van der Waals surface area contributed by atoms with Crippen molar-refractivity contribution in [2.24, 2.45) is 0 Å². The lowest BCUT2D eigenvalue weighted by Gasteiger charge is -2.34. The molecule has 7 nitrogen and oxygen atoms in total. The maximum absolute atomic E-state index is 13.2. The van der Waals surface area contributed by atoms with Gasteiger partial charge in [-0.3, -0.25) is 9.69 Å². The number of anilines is 1. The molecule has 3 aliphatic heterocycles. The van der Waals surface area contributed by atoms with E-state index in [1.807, 2.05) is 4.90 Å². The molecule has 1 spiro atoms. The number of fused-ring (bicyclic) bond motifs is 4. The van der Waals surface area contributed by atoms with Gasteiger partial charge in [-0.15, -0.1) is 0 Å². The Kier molecular flexibility index (Phi) is 3.82. The second kappa shape index (κ2) is 5.82. The molecule has 2 atom stereocenters. The summed E-state index contributed by atoms with van der Waals surface area (Å²) < 4.78 is 9.89. The third-order valence-electron chi connectivity index (χ3n) is 5.39. The lowest BCUT2D eigenvalue weighted by molar-refractivity contribution is -0.140. The van der Waals surface area contributed by atoms with Crippen molar-refractivity contribution in [1.82, 2.24) is 4.90 Å². The average Bonchev–Trinajstić information content (AvgIpc) is 3.28. The molecular formula is C18H17ClN2O5. The van der Waals surface area contributed by atoms with E-state index in [0.717, 1.165) is 6.42 Å². The maximum Gasteiger partial charge on any atom is 0.337 e. The molecule has 0 unspecified atom stereocenters. The highest BCUT2D eigenvalue weighted by atomic mass is 35.5. The molecule has 8 heteroatoms. The van der Waals surface area contributed by atoms with Crippen molar-refractivity contribution in [3.63, 3.8) is 0 Å². The third-order valence-corrected chi connectivity index (χ3v) is 5.63. The summed E-state index contributed by atoms with van der Waals surface area (Å²) in [7, 11) is 2.49. The molecule has 3 aliphatic rings. The van der Waals surface area contributed by atoms with Gasteiger partial charge < -0.3 is 14.8 Å². The fourth-order valence-electron chi connectivity index (χ4n) is 4.47. The molecule has 0 saturated carbocycles. The number of nitrogens with zero attached hydrogens (tertiary/aromatic N) is 1. The van der Waals surface area contributed by atoms with Crippen LogP contribution < -0.4 is 5.32 Å². The average molecular weight is 377 g/mol. The van der Waals surface area contributed by atoms with Gasteiger partial charge in [-0.05, 0) is 31.0 Å². The van der Waals surface area contributed by atoms with E-state index in [0.29, 0.717) is 29.2 Å². The first-order valence-corrected chi connectivity index (χ1v) is 8.64. The van der Waals surface area contributed by atoms with Crippen LogP contribution in [0.3, 0.4) is 0 Å². The molecule has 0 bridgehead atoms. The van der Waals surface area contributed by atoms with Crippen LogP contribution in [-0.2, 0) is 29.4 Å². The number of ether oxygens (including phenoxy) is 2. The zero-order valence-corrected chi connectivity index (χ0v) is 15.1. The van der Waals surface area contributed by atoms with E-state index in [1.165, 1.54) is 14.2 Å². The Bertz CT molecular complexity index is 880. The summed E-state index contributed by atoms with van der Waals surface area (Å²) in [4.78, 5) is 40.4. The van der Waals surface area contributed by atoms with Gasteiger partial charge >= 0.3 is 11.9 Å². The van der Waals surface area contributed by atoms with Crippen molar-refractivity contribution in [3.8, 4) is 0 Å². The van der Waals surface area contributed by atoms with Gasteiger partial charge in [0.15, 0.2) is 5.54 Å². The van der Waals surface area contributed by atoms with Crippen molar-refractivity contribution in [1.29, 1.82) is 0 Å². The number of nitrogens with one attached hydrogen (secondary N) is 1. The summed E-state index contributed by atoms with van der Waals surface area (Å²) in [6, 6.07) is 4.64. The number of esters is 2. The summed E-state index contributed by atoms with van der Waals surface area (Å²) in [5, 5.41) is 3.26. The van der Waals surface area contributed by atoms with Gasteiger partial charge in [-0.1, -0.05) is 11.6 Å². The molecule has 1 N–H and O–H groups in total. The van der Waals surface area contributed by atoms with Crippen LogP contribution in [0, 0.1) is 0 Å².